The molecule has 1 aromatic rings. The molecule has 0 saturated carbocycles. The summed E-state index contributed by atoms with van der Waals surface area (Å²) in [5.74, 6) is 0. The number of likely N-dealkylation sites (N-methyl/N-ethyl adjacent to an activating group) is 1. The van der Waals surface area contributed by atoms with E-state index >= 15 is 0 Å². The monoisotopic (exact) mass is 638 g/mol. The number of allylic oxidation sites excluding steroid dienone is 4. The molecule has 40 heavy (non-hydrogen) atoms. The van der Waals surface area contributed by atoms with Crippen LogP contribution in [0.2, 0.25) is 5.02 Å². The van der Waals surface area contributed by atoms with Gasteiger partial charge in [0.05, 0.1) is 21.1 Å². The average molecular weight is 639 g/mol. The standard InChI is InChI=1S/C22H28ClF3N2O2S3.C3H6.C2H6.C2H2/c1-3-21(32-16-31-20-10-5-4-9-19(20)23)33(29)27-12-7-6-8-17(22(24,25)26)15-30-18-11-13-28(2)14-18;1-3-2;2*1-2/h3-7,9-10,15,18,27H,8,11-14,16H2,1-2H3;3H,1H2,2H3;1-2H3;1-2H/b7-6-,17-15-,21-3+;;;/t18-,33?;;;/m1.../s1. The molecule has 1 heterocycles. The lowest BCUT2D eigenvalue weighted by atomic mass is 10.2. The van der Waals surface area contributed by atoms with Crippen molar-refractivity contribution in [2.24, 2.45) is 0 Å². The van der Waals surface area contributed by atoms with Crippen molar-refractivity contribution in [3.8, 4) is 12.8 Å². The van der Waals surface area contributed by atoms with E-state index in [1.807, 2.05) is 57.0 Å². The molecule has 0 amide bonds. The molecule has 0 bridgehead atoms. The minimum Gasteiger partial charge on any atom is -0.496 e. The van der Waals surface area contributed by atoms with E-state index in [0.29, 0.717) is 27.3 Å². The van der Waals surface area contributed by atoms with Gasteiger partial charge in [0.2, 0.25) is 0 Å². The topological polar surface area (TPSA) is 41.6 Å². The molecule has 1 aliphatic heterocycles. The molecule has 1 aromatic carbocycles. The van der Waals surface area contributed by atoms with Gasteiger partial charge in [-0.1, -0.05) is 61.9 Å². The van der Waals surface area contributed by atoms with Crippen LogP contribution in [0.5, 0.6) is 0 Å². The normalized spacial score (nSPS) is 16.5. The summed E-state index contributed by atoms with van der Waals surface area (Å²) in [7, 11) is 0.459. The van der Waals surface area contributed by atoms with Crippen molar-refractivity contribution in [1.29, 1.82) is 0 Å². The van der Waals surface area contributed by atoms with Crippen molar-refractivity contribution in [2.75, 3.05) is 31.8 Å². The Morgan fingerprint density at radius 1 is 1.27 bits per heavy atom. The molecule has 1 N–H and O–H groups in total. The van der Waals surface area contributed by atoms with Gasteiger partial charge >= 0.3 is 6.18 Å². The Hall–Kier alpha value is -1.61. The summed E-state index contributed by atoms with van der Waals surface area (Å²) in [6.45, 7) is 12.7. The van der Waals surface area contributed by atoms with Crippen molar-refractivity contribution < 1.29 is 22.1 Å². The highest BCUT2D eigenvalue weighted by Gasteiger charge is 2.33. The van der Waals surface area contributed by atoms with Crippen LogP contribution in [-0.4, -0.2) is 53.2 Å². The van der Waals surface area contributed by atoms with Crippen LogP contribution in [-0.2, 0) is 15.7 Å². The zero-order chi connectivity index (χ0) is 31.0. The fourth-order valence-electron chi connectivity index (χ4n) is 2.86. The summed E-state index contributed by atoms with van der Waals surface area (Å²) in [6, 6.07) is 7.50. The van der Waals surface area contributed by atoms with Crippen LogP contribution in [0.25, 0.3) is 0 Å². The molecule has 1 saturated heterocycles. The van der Waals surface area contributed by atoms with Crippen LogP contribution >= 0.6 is 35.1 Å². The zero-order valence-corrected chi connectivity index (χ0v) is 27.1. The summed E-state index contributed by atoms with van der Waals surface area (Å²) in [5.41, 5.74) is -0.740. The number of nitrogens with one attached hydrogen (secondary N) is 1. The number of nitrogens with zero attached hydrogens (tertiary/aromatic N) is 1. The molecule has 2 atom stereocenters. The maximum atomic E-state index is 13.2. The fourth-order valence-corrected chi connectivity index (χ4v) is 6.56. The highest BCUT2D eigenvalue weighted by atomic mass is 35.5. The lowest BCUT2D eigenvalue weighted by Gasteiger charge is -2.14. The van der Waals surface area contributed by atoms with Crippen LogP contribution in [0, 0.1) is 12.8 Å². The molecule has 0 radical (unpaired) electrons. The summed E-state index contributed by atoms with van der Waals surface area (Å²) >= 11 is 9.11. The molecule has 2 rings (SSSR count). The van der Waals surface area contributed by atoms with Crippen molar-refractivity contribution >= 4 is 46.1 Å². The predicted molar refractivity (Wildman–Crippen MR) is 172 cm³/mol. The van der Waals surface area contributed by atoms with Gasteiger partial charge < -0.3 is 9.64 Å². The van der Waals surface area contributed by atoms with Crippen molar-refractivity contribution in [3.63, 3.8) is 0 Å². The Morgan fingerprint density at radius 3 is 2.42 bits per heavy atom. The fraction of sp³-hybridized carbons (Fsp3) is 0.448. The van der Waals surface area contributed by atoms with E-state index in [2.05, 4.69) is 24.1 Å². The number of ether oxygens (including phenoxy) is 1. The molecule has 1 unspecified atom stereocenters. The predicted octanol–water partition coefficient (Wildman–Crippen LogP) is 8.82. The van der Waals surface area contributed by atoms with E-state index in [0.717, 1.165) is 17.7 Å². The van der Waals surface area contributed by atoms with Gasteiger partial charge in [-0.05, 0) is 45.9 Å². The third-order valence-electron chi connectivity index (χ3n) is 4.62. The molecule has 226 valence electrons. The number of likely N-dealkylation sites (tertiary alicyclic amines) is 1. The Morgan fingerprint density at radius 2 is 1.90 bits per heavy atom. The van der Waals surface area contributed by atoms with Gasteiger partial charge in [0.15, 0.2) is 0 Å². The maximum absolute atomic E-state index is 13.2. The molecule has 0 aliphatic carbocycles. The second kappa shape index (κ2) is 25.1. The van der Waals surface area contributed by atoms with Gasteiger partial charge in [-0.15, -0.1) is 42.9 Å². The second-order valence-corrected chi connectivity index (χ2v) is 11.9. The SMILES string of the molecule is C#C.C/C=C(\SCSc1ccccc1Cl)S(=O)NC/C=C\C/C(=C/O[C@@H]1CCN(C)C1)C(F)(F)F.C=CC.CC. The third-order valence-corrected chi connectivity index (χ3v) is 9.03. The molecule has 1 fully saturated rings. The van der Waals surface area contributed by atoms with Gasteiger partial charge in [-0.25, -0.2) is 8.93 Å². The smallest absolute Gasteiger partial charge is 0.415 e. The number of benzene rings is 1. The summed E-state index contributed by atoms with van der Waals surface area (Å²) < 4.78 is 61.0. The lowest BCUT2D eigenvalue weighted by Crippen LogP contribution is -2.19. The van der Waals surface area contributed by atoms with Crippen LogP contribution in [0.15, 0.2) is 76.1 Å². The average Bonchev–Trinajstić information content (AvgIpc) is 3.35. The number of alkyl halides is 3. The van der Waals surface area contributed by atoms with Crippen LogP contribution in [0.4, 0.5) is 13.2 Å². The van der Waals surface area contributed by atoms with E-state index in [9.17, 15) is 17.4 Å². The first kappa shape index (κ1) is 40.5. The van der Waals surface area contributed by atoms with Crippen molar-refractivity contribution in [1.82, 2.24) is 9.62 Å². The Balaban J connectivity index is 0. The minimum absolute atomic E-state index is 0.182. The highest BCUT2D eigenvalue weighted by Crippen LogP contribution is 2.32. The van der Waals surface area contributed by atoms with Crippen LogP contribution in [0.1, 0.15) is 40.5 Å². The van der Waals surface area contributed by atoms with E-state index in [1.54, 1.807) is 30.8 Å². The Kier molecular flexibility index (Phi) is 25.5. The molecule has 0 spiro atoms. The van der Waals surface area contributed by atoms with E-state index < -0.39 is 22.7 Å². The quantitative estimate of drug-likeness (QED) is 0.0815. The number of hydrogen-bond donors (Lipinski definition) is 1. The van der Waals surface area contributed by atoms with Gasteiger partial charge in [0, 0.05) is 29.6 Å². The highest BCUT2D eigenvalue weighted by molar-refractivity contribution is 8.23. The second-order valence-electron chi connectivity index (χ2n) is 7.60. The van der Waals surface area contributed by atoms with Gasteiger partial charge in [0.1, 0.15) is 17.1 Å². The lowest BCUT2D eigenvalue weighted by molar-refractivity contribution is -0.0957. The van der Waals surface area contributed by atoms with E-state index in [4.69, 9.17) is 16.3 Å². The summed E-state index contributed by atoms with van der Waals surface area (Å²) in [4.78, 5) is 2.96. The van der Waals surface area contributed by atoms with Crippen LogP contribution < -0.4 is 4.72 Å². The van der Waals surface area contributed by atoms with Gasteiger partial charge in [-0.3, -0.25) is 0 Å². The minimum atomic E-state index is -4.46. The zero-order valence-electron chi connectivity index (χ0n) is 23.9. The van der Waals surface area contributed by atoms with Crippen molar-refractivity contribution in [2.45, 2.75) is 57.7 Å². The first-order valence-corrected chi connectivity index (χ1v) is 16.1. The third kappa shape index (κ3) is 18.7. The maximum Gasteiger partial charge on any atom is 0.415 e. The first-order valence-electron chi connectivity index (χ1n) is 12.6. The first-order chi connectivity index (χ1) is 19.1. The largest absolute Gasteiger partial charge is 0.496 e. The Labute approximate surface area is 255 Å². The van der Waals surface area contributed by atoms with E-state index in [1.165, 1.54) is 23.9 Å². The van der Waals surface area contributed by atoms with Gasteiger partial charge in [0.25, 0.3) is 0 Å². The molecule has 1 aliphatic rings. The number of thioether (sulfide) groups is 2. The number of hydrogen-bond acceptors (Lipinski definition) is 5. The number of halogens is 4. The molecule has 11 heteroatoms. The molecule has 0 aromatic heterocycles. The molecular formula is C29H42ClF3N2O2S3. The molecule has 4 nitrogen and oxygen atoms in total. The van der Waals surface area contributed by atoms with Gasteiger partial charge in [-0.2, -0.15) is 13.2 Å². The summed E-state index contributed by atoms with van der Waals surface area (Å²) in [6.07, 6.45) is 11.0. The molecular weight excluding hydrogens is 597 g/mol. The van der Waals surface area contributed by atoms with Crippen LogP contribution in [0.3, 0.4) is 0 Å². The Bertz CT molecular complexity index is 967. The number of terminal acetylenes is 1. The number of rotatable bonds is 12. The van der Waals surface area contributed by atoms with E-state index in [-0.39, 0.29) is 19.1 Å². The van der Waals surface area contributed by atoms with Crippen molar-refractivity contribution in [3.05, 3.63) is 76.2 Å². The summed E-state index contributed by atoms with van der Waals surface area (Å²) in [5, 5.41) is 1.30.